The minimum absolute atomic E-state index is 0.0324. The van der Waals surface area contributed by atoms with Crippen LogP contribution in [0.5, 0.6) is 0 Å². The first kappa shape index (κ1) is 16.0. The third-order valence-corrected chi connectivity index (χ3v) is 3.93. The number of hydrogen-bond acceptors (Lipinski definition) is 3. The van der Waals surface area contributed by atoms with Gasteiger partial charge in [0.2, 0.25) is 5.91 Å². The van der Waals surface area contributed by atoms with Crippen molar-refractivity contribution in [2.45, 2.75) is 52.5 Å². The lowest BCUT2D eigenvalue weighted by Crippen LogP contribution is -2.46. The van der Waals surface area contributed by atoms with Gasteiger partial charge in [0.1, 0.15) is 0 Å². The second kappa shape index (κ2) is 6.37. The maximum Gasteiger partial charge on any atom is 0.306 e. The number of carboxylic acids is 1. The predicted molar refractivity (Wildman–Crippen MR) is 71.6 cm³/mol. The molecular weight excluding hydrogens is 246 g/mol. The van der Waals surface area contributed by atoms with E-state index in [9.17, 15) is 9.59 Å². The molecule has 1 rings (SSSR count). The highest BCUT2D eigenvalue weighted by Crippen LogP contribution is 2.32. The molecule has 0 aromatic rings. The zero-order valence-electron chi connectivity index (χ0n) is 12.0. The van der Waals surface area contributed by atoms with E-state index in [2.05, 4.69) is 5.32 Å². The van der Waals surface area contributed by atoms with Gasteiger partial charge in [0.25, 0.3) is 0 Å². The molecule has 0 spiro atoms. The topological polar surface area (TPSA) is 86.6 Å². The molecule has 0 saturated heterocycles. The van der Waals surface area contributed by atoms with Crippen molar-refractivity contribution in [3.05, 3.63) is 0 Å². The summed E-state index contributed by atoms with van der Waals surface area (Å²) < 4.78 is 0. The highest BCUT2D eigenvalue weighted by atomic mass is 16.4. The number of amides is 1. The zero-order chi connectivity index (χ0) is 14.6. The van der Waals surface area contributed by atoms with Gasteiger partial charge < -0.3 is 15.5 Å². The summed E-state index contributed by atoms with van der Waals surface area (Å²) >= 11 is 0. The van der Waals surface area contributed by atoms with Crippen molar-refractivity contribution in [1.29, 1.82) is 0 Å². The van der Waals surface area contributed by atoms with Crippen molar-refractivity contribution in [2.75, 3.05) is 6.61 Å². The largest absolute Gasteiger partial charge is 0.481 e. The Labute approximate surface area is 114 Å². The summed E-state index contributed by atoms with van der Waals surface area (Å²) in [6, 6.07) is -0.0890. The molecule has 5 nitrogen and oxygen atoms in total. The Morgan fingerprint density at radius 1 is 1.26 bits per heavy atom. The van der Waals surface area contributed by atoms with Crippen LogP contribution < -0.4 is 5.32 Å². The summed E-state index contributed by atoms with van der Waals surface area (Å²) in [4.78, 5) is 23.0. The van der Waals surface area contributed by atoms with E-state index >= 15 is 0 Å². The lowest BCUT2D eigenvalue weighted by molar-refractivity contribution is -0.141. The lowest BCUT2D eigenvalue weighted by Gasteiger charge is -2.32. The Morgan fingerprint density at radius 3 is 2.26 bits per heavy atom. The van der Waals surface area contributed by atoms with Crippen LogP contribution in [0.1, 0.15) is 46.5 Å². The van der Waals surface area contributed by atoms with E-state index < -0.39 is 5.97 Å². The molecule has 3 atom stereocenters. The number of aliphatic hydroxyl groups excluding tert-OH is 1. The van der Waals surface area contributed by atoms with Gasteiger partial charge in [-0.15, -0.1) is 0 Å². The Kier molecular flexibility index (Phi) is 5.35. The number of carboxylic acid groups (broad SMARTS) is 1. The Hall–Kier alpha value is -1.10. The molecular formula is C14H25NO4. The summed E-state index contributed by atoms with van der Waals surface area (Å²) in [5.41, 5.74) is -0.122. The molecule has 19 heavy (non-hydrogen) atoms. The number of rotatable bonds is 5. The fourth-order valence-corrected chi connectivity index (χ4v) is 2.58. The van der Waals surface area contributed by atoms with Crippen LogP contribution in [0.25, 0.3) is 0 Å². The smallest absolute Gasteiger partial charge is 0.306 e. The Balaban J connectivity index is 2.56. The van der Waals surface area contributed by atoms with Gasteiger partial charge in [-0.05, 0) is 31.1 Å². The van der Waals surface area contributed by atoms with Gasteiger partial charge in [0, 0.05) is 18.6 Å². The van der Waals surface area contributed by atoms with Gasteiger partial charge in [0.05, 0.1) is 5.92 Å². The molecule has 0 bridgehead atoms. The zero-order valence-corrected chi connectivity index (χ0v) is 12.0. The van der Waals surface area contributed by atoms with Gasteiger partial charge in [-0.3, -0.25) is 9.59 Å². The SMILES string of the molecule is CC(C)(C)C(CCO)NC(=O)[C@@H]1CC[C@H](C(=O)O)C1. The van der Waals surface area contributed by atoms with Crippen LogP contribution in [0.2, 0.25) is 0 Å². The number of carbonyl (C=O) groups is 2. The summed E-state index contributed by atoms with van der Waals surface area (Å²) in [5.74, 6) is -1.47. The number of carbonyl (C=O) groups excluding carboxylic acids is 1. The van der Waals surface area contributed by atoms with Crippen molar-refractivity contribution in [3.8, 4) is 0 Å². The molecule has 0 heterocycles. The van der Waals surface area contributed by atoms with Crippen LogP contribution in [0.3, 0.4) is 0 Å². The maximum atomic E-state index is 12.2. The molecule has 1 unspecified atom stereocenters. The Bertz CT molecular complexity index is 335. The molecule has 1 saturated carbocycles. The summed E-state index contributed by atoms with van der Waals surface area (Å²) in [6.07, 6.45) is 2.16. The van der Waals surface area contributed by atoms with Crippen molar-refractivity contribution in [2.24, 2.45) is 17.3 Å². The normalized spacial score (nSPS) is 25.1. The van der Waals surface area contributed by atoms with Crippen LogP contribution >= 0.6 is 0 Å². The standard InChI is InChI=1S/C14H25NO4/c1-14(2,3)11(6-7-16)15-12(17)9-4-5-10(8-9)13(18)19/h9-11,16H,4-8H2,1-3H3,(H,15,17)(H,18,19)/t9-,10+,11?/m1/s1. The maximum absolute atomic E-state index is 12.2. The second-order valence-corrected chi connectivity index (χ2v) is 6.48. The molecule has 0 aromatic carbocycles. The molecule has 1 aliphatic carbocycles. The Morgan fingerprint density at radius 2 is 1.84 bits per heavy atom. The molecule has 0 aromatic heterocycles. The first-order chi connectivity index (χ1) is 8.75. The summed E-state index contributed by atoms with van der Waals surface area (Å²) in [5, 5.41) is 21.0. The van der Waals surface area contributed by atoms with Crippen LogP contribution in [-0.2, 0) is 9.59 Å². The van der Waals surface area contributed by atoms with Gasteiger partial charge >= 0.3 is 5.97 Å². The van der Waals surface area contributed by atoms with Crippen LogP contribution in [0, 0.1) is 17.3 Å². The van der Waals surface area contributed by atoms with Crippen molar-refractivity contribution >= 4 is 11.9 Å². The second-order valence-electron chi connectivity index (χ2n) is 6.48. The monoisotopic (exact) mass is 271 g/mol. The first-order valence-electron chi connectivity index (χ1n) is 6.89. The summed E-state index contributed by atoms with van der Waals surface area (Å²) in [7, 11) is 0. The molecule has 1 fully saturated rings. The third-order valence-electron chi connectivity index (χ3n) is 3.93. The third kappa shape index (κ3) is 4.49. The van der Waals surface area contributed by atoms with E-state index in [1.807, 2.05) is 20.8 Å². The van der Waals surface area contributed by atoms with Crippen molar-refractivity contribution in [3.63, 3.8) is 0 Å². The average molecular weight is 271 g/mol. The number of hydrogen-bond donors (Lipinski definition) is 3. The van der Waals surface area contributed by atoms with E-state index in [1.165, 1.54) is 0 Å². The number of aliphatic carboxylic acids is 1. The molecule has 0 radical (unpaired) electrons. The molecule has 3 N–H and O–H groups in total. The van der Waals surface area contributed by atoms with Crippen LogP contribution in [0.15, 0.2) is 0 Å². The van der Waals surface area contributed by atoms with E-state index in [4.69, 9.17) is 10.2 Å². The van der Waals surface area contributed by atoms with Gasteiger partial charge in [-0.25, -0.2) is 0 Å². The highest BCUT2D eigenvalue weighted by Gasteiger charge is 2.35. The van der Waals surface area contributed by atoms with Crippen LogP contribution in [0.4, 0.5) is 0 Å². The van der Waals surface area contributed by atoms with Gasteiger partial charge in [-0.1, -0.05) is 20.8 Å². The lowest BCUT2D eigenvalue weighted by atomic mass is 9.84. The number of nitrogens with one attached hydrogen (secondary N) is 1. The molecule has 1 amide bonds. The molecule has 0 aliphatic heterocycles. The average Bonchev–Trinajstić information content (AvgIpc) is 2.76. The fraction of sp³-hybridized carbons (Fsp3) is 0.857. The van der Waals surface area contributed by atoms with Gasteiger partial charge in [0.15, 0.2) is 0 Å². The minimum atomic E-state index is -0.807. The quantitative estimate of drug-likeness (QED) is 0.705. The van der Waals surface area contributed by atoms with Crippen molar-refractivity contribution in [1.82, 2.24) is 5.32 Å². The summed E-state index contributed by atoms with van der Waals surface area (Å²) in [6.45, 7) is 6.08. The van der Waals surface area contributed by atoms with E-state index in [1.54, 1.807) is 0 Å². The molecule has 5 heteroatoms. The van der Waals surface area contributed by atoms with E-state index in [0.29, 0.717) is 25.7 Å². The minimum Gasteiger partial charge on any atom is -0.481 e. The van der Waals surface area contributed by atoms with Crippen molar-refractivity contribution < 1.29 is 19.8 Å². The molecule has 1 aliphatic rings. The highest BCUT2D eigenvalue weighted by molar-refractivity contribution is 5.81. The van der Waals surface area contributed by atoms with Gasteiger partial charge in [-0.2, -0.15) is 0 Å². The van der Waals surface area contributed by atoms with E-state index in [0.717, 1.165) is 0 Å². The van der Waals surface area contributed by atoms with Crippen LogP contribution in [-0.4, -0.2) is 34.7 Å². The molecule has 110 valence electrons. The number of aliphatic hydroxyl groups is 1. The van der Waals surface area contributed by atoms with E-state index in [-0.39, 0.29) is 35.8 Å². The fourth-order valence-electron chi connectivity index (χ4n) is 2.58. The predicted octanol–water partition coefficient (Wildman–Crippen LogP) is 1.40. The first-order valence-corrected chi connectivity index (χ1v) is 6.89.